The van der Waals surface area contributed by atoms with Crippen LogP contribution in [0.5, 0.6) is 0 Å². The number of nitrogens with one attached hydrogen (secondary N) is 1. The molecular formula is C13H22N2O4. The number of esters is 1. The van der Waals surface area contributed by atoms with Gasteiger partial charge in [-0.3, -0.25) is 19.3 Å². The van der Waals surface area contributed by atoms with Crippen LogP contribution in [0.15, 0.2) is 0 Å². The summed E-state index contributed by atoms with van der Waals surface area (Å²) in [6, 6.07) is -0.373. The number of carbonyl (C=O) groups is 3. The van der Waals surface area contributed by atoms with Crippen molar-refractivity contribution in [3.63, 3.8) is 0 Å². The molecule has 108 valence electrons. The van der Waals surface area contributed by atoms with E-state index in [1.54, 1.807) is 6.92 Å². The van der Waals surface area contributed by atoms with Crippen molar-refractivity contribution >= 4 is 17.8 Å². The molecule has 1 fully saturated rings. The third kappa shape index (κ3) is 4.98. The number of nitrogens with zero attached hydrogens (tertiary/aromatic N) is 1. The van der Waals surface area contributed by atoms with E-state index in [9.17, 15) is 14.4 Å². The van der Waals surface area contributed by atoms with E-state index in [1.807, 2.05) is 0 Å². The summed E-state index contributed by atoms with van der Waals surface area (Å²) >= 11 is 0. The zero-order chi connectivity index (χ0) is 14.3. The topological polar surface area (TPSA) is 75.7 Å². The second-order valence-electron chi connectivity index (χ2n) is 4.62. The highest BCUT2D eigenvalue weighted by Gasteiger charge is 2.35. The van der Waals surface area contributed by atoms with Crippen LogP contribution in [0.25, 0.3) is 0 Å². The lowest BCUT2D eigenvalue weighted by Crippen LogP contribution is -2.37. The number of amides is 2. The van der Waals surface area contributed by atoms with Gasteiger partial charge in [0.2, 0.25) is 11.8 Å². The number of hydrogen-bond acceptors (Lipinski definition) is 5. The molecule has 6 nitrogen and oxygen atoms in total. The Labute approximate surface area is 113 Å². The van der Waals surface area contributed by atoms with Gasteiger partial charge in [-0.05, 0) is 26.3 Å². The maximum atomic E-state index is 11.6. The summed E-state index contributed by atoms with van der Waals surface area (Å²) < 4.78 is 4.83. The number of likely N-dealkylation sites (tertiary alicyclic amines) is 1. The lowest BCUT2D eigenvalue weighted by molar-refractivity contribution is -0.143. The van der Waals surface area contributed by atoms with Crippen molar-refractivity contribution in [1.82, 2.24) is 10.2 Å². The monoisotopic (exact) mass is 270 g/mol. The summed E-state index contributed by atoms with van der Waals surface area (Å²) in [6.45, 7) is 2.89. The summed E-state index contributed by atoms with van der Waals surface area (Å²) in [6.07, 6.45) is 3.26. The van der Waals surface area contributed by atoms with Gasteiger partial charge in [-0.1, -0.05) is 6.42 Å². The summed E-state index contributed by atoms with van der Waals surface area (Å²) in [4.78, 5) is 35.1. The van der Waals surface area contributed by atoms with Gasteiger partial charge in [0.1, 0.15) is 0 Å². The largest absolute Gasteiger partial charge is 0.466 e. The molecule has 1 rings (SSSR count). The summed E-state index contributed by atoms with van der Waals surface area (Å²) in [5.41, 5.74) is 0. The fourth-order valence-electron chi connectivity index (χ4n) is 2.00. The molecule has 1 aliphatic heterocycles. The minimum absolute atomic E-state index is 0.134. The van der Waals surface area contributed by atoms with Crippen molar-refractivity contribution in [3.05, 3.63) is 0 Å². The lowest BCUT2D eigenvalue weighted by Gasteiger charge is -2.10. The summed E-state index contributed by atoms with van der Waals surface area (Å²) in [5.74, 6) is -0.449. The van der Waals surface area contributed by atoms with Crippen LogP contribution < -0.4 is 5.32 Å². The average Bonchev–Trinajstić information content (AvgIpc) is 2.61. The molecular weight excluding hydrogens is 248 g/mol. The number of rotatable bonds is 8. The Kier molecular flexibility index (Phi) is 6.49. The van der Waals surface area contributed by atoms with Crippen molar-refractivity contribution in [3.8, 4) is 0 Å². The Balaban J connectivity index is 2.04. The van der Waals surface area contributed by atoms with Crippen molar-refractivity contribution in [1.29, 1.82) is 0 Å². The molecule has 0 aromatic heterocycles. The van der Waals surface area contributed by atoms with Gasteiger partial charge in [0.05, 0.1) is 19.1 Å². The van der Waals surface area contributed by atoms with Crippen LogP contribution in [0.1, 0.15) is 39.0 Å². The Hall–Kier alpha value is -1.43. The van der Waals surface area contributed by atoms with E-state index in [2.05, 4.69) is 5.32 Å². The Morgan fingerprint density at radius 3 is 2.68 bits per heavy atom. The number of hydrogen-bond donors (Lipinski definition) is 1. The van der Waals surface area contributed by atoms with Crippen molar-refractivity contribution < 1.29 is 19.1 Å². The van der Waals surface area contributed by atoms with Crippen molar-refractivity contribution in [2.75, 3.05) is 20.2 Å². The van der Waals surface area contributed by atoms with Crippen LogP contribution in [0.3, 0.4) is 0 Å². The Morgan fingerprint density at radius 2 is 2.11 bits per heavy atom. The minimum Gasteiger partial charge on any atom is -0.466 e. The lowest BCUT2D eigenvalue weighted by atomic mass is 10.2. The predicted molar refractivity (Wildman–Crippen MR) is 69.3 cm³/mol. The quantitative estimate of drug-likeness (QED) is 0.394. The van der Waals surface area contributed by atoms with Crippen LogP contribution >= 0.6 is 0 Å². The molecule has 0 aromatic rings. The van der Waals surface area contributed by atoms with E-state index in [0.717, 1.165) is 19.3 Å². The number of unbranched alkanes of at least 4 members (excludes halogenated alkanes) is 2. The fourth-order valence-corrected chi connectivity index (χ4v) is 2.00. The van der Waals surface area contributed by atoms with Crippen molar-refractivity contribution in [2.24, 2.45) is 0 Å². The second kappa shape index (κ2) is 7.89. The predicted octanol–water partition coefficient (Wildman–Crippen LogP) is 0.457. The molecule has 0 spiro atoms. The molecule has 1 unspecified atom stereocenters. The van der Waals surface area contributed by atoms with Crippen LogP contribution in [0.4, 0.5) is 0 Å². The molecule has 6 heteroatoms. The first-order valence-corrected chi connectivity index (χ1v) is 6.75. The molecule has 0 aromatic carbocycles. The zero-order valence-electron chi connectivity index (χ0n) is 11.6. The zero-order valence-corrected chi connectivity index (χ0v) is 11.6. The third-order valence-electron chi connectivity index (χ3n) is 3.14. The number of imide groups is 1. The molecule has 2 amide bonds. The van der Waals surface area contributed by atoms with Crippen LogP contribution in [0.2, 0.25) is 0 Å². The highest BCUT2D eigenvalue weighted by atomic mass is 16.5. The first kappa shape index (κ1) is 15.6. The summed E-state index contributed by atoms with van der Waals surface area (Å²) in [7, 11) is 1.51. The van der Waals surface area contributed by atoms with Gasteiger partial charge in [0.15, 0.2) is 0 Å². The number of likely N-dealkylation sites (N-methyl/N-ethyl adjacent to an activating group) is 1. The van der Waals surface area contributed by atoms with Gasteiger partial charge >= 0.3 is 5.97 Å². The molecule has 1 saturated heterocycles. The SMILES string of the molecule is CCOC(=O)CCCCCNC1CC(=O)N(C)C1=O. The van der Waals surface area contributed by atoms with E-state index >= 15 is 0 Å². The molecule has 0 bridgehead atoms. The normalized spacial score (nSPS) is 19.1. The van der Waals surface area contributed by atoms with Crippen LogP contribution in [-0.2, 0) is 19.1 Å². The molecule has 0 radical (unpaired) electrons. The second-order valence-corrected chi connectivity index (χ2v) is 4.62. The molecule has 1 atom stereocenters. The van der Waals surface area contributed by atoms with Gasteiger partial charge in [0, 0.05) is 13.5 Å². The first-order valence-electron chi connectivity index (χ1n) is 6.75. The van der Waals surface area contributed by atoms with Gasteiger partial charge in [-0.15, -0.1) is 0 Å². The van der Waals surface area contributed by atoms with Crippen LogP contribution in [-0.4, -0.2) is 48.9 Å². The number of ether oxygens (including phenoxy) is 1. The maximum absolute atomic E-state index is 11.6. The molecule has 19 heavy (non-hydrogen) atoms. The highest BCUT2D eigenvalue weighted by molar-refractivity contribution is 6.05. The van der Waals surface area contributed by atoms with E-state index in [1.165, 1.54) is 11.9 Å². The molecule has 1 aliphatic rings. The molecule has 0 saturated carbocycles. The Morgan fingerprint density at radius 1 is 1.37 bits per heavy atom. The minimum atomic E-state index is -0.373. The van der Waals surface area contributed by atoms with E-state index in [-0.39, 0.29) is 30.2 Å². The van der Waals surface area contributed by atoms with E-state index in [0.29, 0.717) is 19.6 Å². The van der Waals surface area contributed by atoms with E-state index in [4.69, 9.17) is 4.74 Å². The molecule has 0 aliphatic carbocycles. The number of carbonyl (C=O) groups excluding carboxylic acids is 3. The van der Waals surface area contributed by atoms with Gasteiger partial charge in [-0.25, -0.2) is 0 Å². The third-order valence-corrected chi connectivity index (χ3v) is 3.14. The van der Waals surface area contributed by atoms with Crippen LogP contribution in [0, 0.1) is 0 Å². The van der Waals surface area contributed by atoms with Gasteiger partial charge in [0.25, 0.3) is 0 Å². The van der Waals surface area contributed by atoms with Crippen molar-refractivity contribution in [2.45, 2.75) is 45.1 Å². The molecule has 1 N–H and O–H groups in total. The van der Waals surface area contributed by atoms with Gasteiger partial charge in [-0.2, -0.15) is 0 Å². The first-order chi connectivity index (χ1) is 9.06. The smallest absolute Gasteiger partial charge is 0.305 e. The average molecular weight is 270 g/mol. The maximum Gasteiger partial charge on any atom is 0.305 e. The van der Waals surface area contributed by atoms with E-state index < -0.39 is 0 Å². The fraction of sp³-hybridized carbons (Fsp3) is 0.769. The molecule has 1 heterocycles. The standard InChI is InChI=1S/C13H22N2O4/c1-3-19-12(17)7-5-4-6-8-14-10-9-11(16)15(2)13(10)18/h10,14H,3-9H2,1-2H3. The summed E-state index contributed by atoms with van der Waals surface area (Å²) in [5, 5.41) is 3.08. The Bertz CT molecular complexity index is 344. The van der Waals surface area contributed by atoms with Gasteiger partial charge < -0.3 is 10.1 Å². The highest BCUT2D eigenvalue weighted by Crippen LogP contribution is 2.10.